The van der Waals surface area contributed by atoms with Crippen molar-refractivity contribution >= 4 is 12.0 Å². The summed E-state index contributed by atoms with van der Waals surface area (Å²) in [7, 11) is 1.97. The zero-order valence-electron chi connectivity index (χ0n) is 18.9. The molecule has 2 saturated heterocycles. The molecule has 1 amide bonds. The number of piperidine rings is 1. The Hall–Kier alpha value is -2.79. The molecule has 0 bridgehead atoms. The van der Waals surface area contributed by atoms with E-state index >= 15 is 0 Å². The fraction of sp³-hybridized carbons (Fsp3) is 0.667. The summed E-state index contributed by atoms with van der Waals surface area (Å²) in [6.07, 6.45) is 5.67. The van der Waals surface area contributed by atoms with Gasteiger partial charge in [-0.05, 0) is 40.2 Å². The van der Waals surface area contributed by atoms with Crippen molar-refractivity contribution in [1.29, 1.82) is 0 Å². The van der Waals surface area contributed by atoms with Gasteiger partial charge in [-0.3, -0.25) is 0 Å². The average Bonchev–Trinajstić information content (AvgIpc) is 3.47. The van der Waals surface area contributed by atoms with Crippen LogP contribution in [0.4, 0.5) is 10.7 Å². The van der Waals surface area contributed by atoms with E-state index in [1.807, 2.05) is 20.9 Å². The Labute approximate surface area is 187 Å². The van der Waals surface area contributed by atoms with Crippen LogP contribution in [0.3, 0.4) is 0 Å². The number of ether oxygens (including phenoxy) is 2. The Morgan fingerprint density at radius 2 is 1.97 bits per heavy atom. The van der Waals surface area contributed by atoms with Gasteiger partial charge in [-0.25, -0.2) is 14.8 Å². The van der Waals surface area contributed by atoms with Crippen molar-refractivity contribution in [3.05, 3.63) is 18.3 Å². The van der Waals surface area contributed by atoms with Gasteiger partial charge in [0.05, 0.1) is 17.8 Å². The molecule has 2 aliphatic heterocycles. The number of aromatic nitrogens is 4. The van der Waals surface area contributed by atoms with Crippen molar-refractivity contribution < 1.29 is 18.8 Å². The number of nitrogens with one attached hydrogen (secondary N) is 1. The lowest BCUT2D eigenvalue weighted by atomic mass is 10.1. The van der Waals surface area contributed by atoms with Crippen LogP contribution in [0.15, 0.2) is 16.9 Å². The molecule has 1 unspecified atom stereocenters. The molecule has 4 heterocycles. The number of anilines is 1. The number of hydrogen-bond donors (Lipinski definition) is 1. The molecule has 11 nitrogen and oxygen atoms in total. The summed E-state index contributed by atoms with van der Waals surface area (Å²) in [5.41, 5.74) is 0.699. The molecule has 2 fully saturated rings. The van der Waals surface area contributed by atoms with Gasteiger partial charge in [0, 0.05) is 44.6 Å². The van der Waals surface area contributed by atoms with Crippen LogP contribution < -0.4 is 10.2 Å². The zero-order chi connectivity index (χ0) is 22.5. The van der Waals surface area contributed by atoms with E-state index in [1.54, 1.807) is 17.3 Å². The van der Waals surface area contributed by atoms with E-state index in [-0.39, 0.29) is 24.9 Å². The van der Waals surface area contributed by atoms with E-state index in [0.29, 0.717) is 42.4 Å². The molecule has 32 heavy (non-hydrogen) atoms. The first-order chi connectivity index (χ1) is 15.5. The minimum atomic E-state index is -0.264. The van der Waals surface area contributed by atoms with Gasteiger partial charge in [0.25, 0.3) is 5.89 Å². The molecule has 0 aromatic carbocycles. The highest BCUT2D eigenvalue weighted by molar-refractivity contribution is 5.67. The van der Waals surface area contributed by atoms with Crippen molar-refractivity contribution in [2.75, 3.05) is 38.1 Å². The number of nitrogens with zero attached hydrogens (tertiary/aromatic N) is 6. The van der Waals surface area contributed by atoms with Crippen LogP contribution >= 0.6 is 0 Å². The molecule has 0 saturated carbocycles. The smallest absolute Gasteiger partial charge is 0.410 e. The summed E-state index contributed by atoms with van der Waals surface area (Å²) < 4.78 is 16.5. The number of likely N-dealkylation sites (tertiary alicyclic amines) is 1. The number of likely N-dealkylation sites (N-methyl/N-ethyl adjacent to an activating group) is 1. The summed E-state index contributed by atoms with van der Waals surface area (Å²) in [5, 5.41) is 7.31. The van der Waals surface area contributed by atoms with Gasteiger partial charge in [0.2, 0.25) is 11.8 Å². The van der Waals surface area contributed by atoms with Gasteiger partial charge in [0.15, 0.2) is 0 Å². The fourth-order valence-corrected chi connectivity index (χ4v) is 3.88. The fourth-order valence-electron chi connectivity index (χ4n) is 3.88. The van der Waals surface area contributed by atoms with E-state index in [2.05, 4.69) is 30.3 Å². The third kappa shape index (κ3) is 5.52. The molecule has 1 atom stereocenters. The normalized spacial score (nSPS) is 19.7. The molecule has 1 N–H and O–H groups in total. The predicted octanol–water partition coefficient (Wildman–Crippen LogP) is 1.85. The molecule has 174 valence electrons. The van der Waals surface area contributed by atoms with E-state index in [4.69, 9.17) is 14.0 Å². The third-order valence-electron chi connectivity index (χ3n) is 5.72. The van der Waals surface area contributed by atoms with E-state index in [0.717, 1.165) is 32.4 Å². The molecule has 0 aliphatic carbocycles. The molecule has 11 heteroatoms. The maximum atomic E-state index is 12.0. The lowest BCUT2D eigenvalue weighted by Gasteiger charge is -2.31. The number of carbonyl (C=O) groups is 1. The molecule has 0 radical (unpaired) electrons. The minimum Gasteiger partial charge on any atom is -0.447 e. The molecule has 2 aromatic rings. The van der Waals surface area contributed by atoms with Crippen molar-refractivity contribution in [2.45, 2.75) is 58.0 Å². The van der Waals surface area contributed by atoms with Crippen molar-refractivity contribution in [3.8, 4) is 11.4 Å². The van der Waals surface area contributed by atoms with E-state index in [1.165, 1.54) is 0 Å². The quantitative estimate of drug-likeness (QED) is 0.676. The lowest BCUT2D eigenvalue weighted by molar-refractivity contribution is -0.0147. The van der Waals surface area contributed by atoms with Crippen LogP contribution in [0.1, 0.15) is 39.0 Å². The summed E-state index contributed by atoms with van der Waals surface area (Å²) in [5.74, 6) is 1.56. The molecule has 0 spiro atoms. The zero-order valence-corrected chi connectivity index (χ0v) is 18.9. The van der Waals surface area contributed by atoms with Crippen LogP contribution in [-0.2, 0) is 16.1 Å². The summed E-state index contributed by atoms with van der Waals surface area (Å²) >= 11 is 0. The first-order valence-electron chi connectivity index (χ1n) is 11.2. The molecular weight excluding hydrogens is 414 g/mol. The van der Waals surface area contributed by atoms with Crippen LogP contribution in [0.25, 0.3) is 11.4 Å². The Morgan fingerprint density at radius 1 is 1.22 bits per heavy atom. The standard InChI is InChI=1S/C21H31N7O4/c1-14(2)31-21(29)27-8-5-17(6-9-27)30-13-18-25-19(26-32-18)15-10-23-20(24-11-15)28-7-4-16(12-28)22-3/h10-11,14,16-17,22H,4-9,12-13H2,1-3H3. The predicted molar refractivity (Wildman–Crippen MR) is 116 cm³/mol. The van der Waals surface area contributed by atoms with E-state index < -0.39 is 0 Å². The van der Waals surface area contributed by atoms with Crippen LogP contribution in [0.5, 0.6) is 0 Å². The molecule has 4 rings (SSSR count). The maximum Gasteiger partial charge on any atom is 0.410 e. The SMILES string of the molecule is CNC1CCN(c2ncc(-c3noc(COC4CCN(C(=O)OC(C)C)CC4)n3)cn2)C1. The number of amides is 1. The second-order valence-corrected chi connectivity index (χ2v) is 8.43. The number of rotatable bonds is 7. The Kier molecular flexibility index (Phi) is 7.15. The Bertz CT molecular complexity index is 881. The van der Waals surface area contributed by atoms with Gasteiger partial charge in [-0.2, -0.15) is 4.98 Å². The van der Waals surface area contributed by atoms with Gasteiger partial charge in [0.1, 0.15) is 6.61 Å². The van der Waals surface area contributed by atoms with Gasteiger partial charge < -0.3 is 29.1 Å². The first kappa shape index (κ1) is 22.4. The van der Waals surface area contributed by atoms with Gasteiger partial charge in [-0.1, -0.05) is 5.16 Å². The van der Waals surface area contributed by atoms with Gasteiger partial charge in [-0.15, -0.1) is 0 Å². The highest BCUT2D eigenvalue weighted by atomic mass is 16.6. The van der Waals surface area contributed by atoms with Gasteiger partial charge >= 0.3 is 6.09 Å². The van der Waals surface area contributed by atoms with E-state index in [9.17, 15) is 4.79 Å². The van der Waals surface area contributed by atoms with Crippen molar-refractivity contribution in [3.63, 3.8) is 0 Å². The highest BCUT2D eigenvalue weighted by Crippen LogP contribution is 2.20. The molecule has 2 aromatic heterocycles. The Morgan fingerprint density at radius 3 is 2.62 bits per heavy atom. The second kappa shape index (κ2) is 10.2. The molecule has 2 aliphatic rings. The van der Waals surface area contributed by atoms with Crippen LogP contribution in [0, 0.1) is 0 Å². The maximum absolute atomic E-state index is 12.0. The van der Waals surface area contributed by atoms with Crippen molar-refractivity contribution in [2.24, 2.45) is 0 Å². The lowest BCUT2D eigenvalue weighted by Crippen LogP contribution is -2.41. The third-order valence-corrected chi connectivity index (χ3v) is 5.72. The highest BCUT2D eigenvalue weighted by Gasteiger charge is 2.26. The molecular formula is C21H31N7O4. The largest absolute Gasteiger partial charge is 0.447 e. The Balaban J connectivity index is 1.24. The number of hydrogen-bond acceptors (Lipinski definition) is 10. The van der Waals surface area contributed by atoms with Crippen molar-refractivity contribution in [1.82, 2.24) is 30.3 Å². The average molecular weight is 446 g/mol. The summed E-state index contributed by atoms with van der Waals surface area (Å²) in [6.45, 7) is 6.98. The minimum absolute atomic E-state index is 0.0398. The van der Waals surface area contributed by atoms with Crippen LogP contribution in [0.2, 0.25) is 0 Å². The van der Waals surface area contributed by atoms with Crippen LogP contribution in [-0.4, -0.2) is 82.6 Å². The monoisotopic (exact) mass is 445 g/mol. The number of carbonyl (C=O) groups excluding carboxylic acids is 1. The summed E-state index contributed by atoms with van der Waals surface area (Å²) in [4.78, 5) is 29.2. The first-order valence-corrected chi connectivity index (χ1v) is 11.2. The second-order valence-electron chi connectivity index (χ2n) is 8.43. The topological polar surface area (TPSA) is 119 Å². The summed E-state index contributed by atoms with van der Waals surface area (Å²) in [6, 6.07) is 0.471.